The van der Waals surface area contributed by atoms with Gasteiger partial charge in [0.1, 0.15) is 5.76 Å². The normalized spacial score (nSPS) is 11.1. The molecule has 0 radical (unpaired) electrons. The zero-order valence-corrected chi connectivity index (χ0v) is 10.6. The van der Waals surface area contributed by atoms with Gasteiger partial charge >= 0.3 is 0 Å². The Morgan fingerprint density at radius 1 is 1.18 bits per heavy atom. The third-order valence-electron chi connectivity index (χ3n) is 2.81. The van der Waals surface area contributed by atoms with Crippen molar-refractivity contribution in [2.75, 3.05) is 7.05 Å². The zero-order chi connectivity index (χ0) is 12.3. The van der Waals surface area contributed by atoms with E-state index in [0.29, 0.717) is 0 Å². The molecule has 0 bridgehead atoms. The molecule has 0 unspecified atom stereocenters. The standard InChI is InChI=1S/C14H18N2O/c1-11-6-4-5-7-13(11)9-16(3)10-14-8-12(2)17-15-14/h4-8H,9-10H2,1-3H3. The van der Waals surface area contributed by atoms with Gasteiger partial charge in [-0.05, 0) is 32.0 Å². The SMILES string of the molecule is Cc1cc(CN(C)Cc2ccccc2C)no1. The van der Waals surface area contributed by atoms with Crippen LogP contribution in [0.25, 0.3) is 0 Å². The lowest BCUT2D eigenvalue weighted by molar-refractivity contribution is 0.301. The molecular formula is C14H18N2O. The summed E-state index contributed by atoms with van der Waals surface area (Å²) in [4.78, 5) is 2.24. The van der Waals surface area contributed by atoms with E-state index < -0.39 is 0 Å². The Hall–Kier alpha value is -1.61. The second-order valence-electron chi connectivity index (χ2n) is 4.53. The minimum atomic E-state index is 0.811. The summed E-state index contributed by atoms with van der Waals surface area (Å²) in [6.45, 7) is 5.80. The van der Waals surface area contributed by atoms with Gasteiger partial charge in [0.2, 0.25) is 0 Å². The molecule has 0 aliphatic carbocycles. The van der Waals surface area contributed by atoms with Crippen LogP contribution in [-0.4, -0.2) is 17.1 Å². The lowest BCUT2D eigenvalue weighted by Gasteiger charge is -2.16. The molecule has 1 aromatic carbocycles. The second kappa shape index (κ2) is 5.15. The Balaban J connectivity index is 1.98. The van der Waals surface area contributed by atoms with Crippen LogP contribution in [0.5, 0.6) is 0 Å². The fraction of sp³-hybridized carbons (Fsp3) is 0.357. The first-order valence-electron chi connectivity index (χ1n) is 5.80. The van der Waals surface area contributed by atoms with Gasteiger partial charge in [0.05, 0.1) is 5.69 Å². The van der Waals surface area contributed by atoms with Crippen molar-refractivity contribution in [3.05, 3.63) is 52.9 Å². The molecule has 0 saturated carbocycles. The quantitative estimate of drug-likeness (QED) is 0.808. The van der Waals surface area contributed by atoms with Crippen LogP contribution in [0.3, 0.4) is 0 Å². The Morgan fingerprint density at radius 2 is 1.94 bits per heavy atom. The maximum Gasteiger partial charge on any atom is 0.133 e. The van der Waals surface area contributed by atoms with E-state index in [1.807, 2.05) is 13.0 Å². The highest BCUT2D eigenvalue weighted by Crippen LogP contribution is 2.11. The minimum Gasteiger partial charge on any atom is -0.361 e. The van der Waals surface area contributed by atoms with E-state index >= 15 is 0 Å². The predicted molar refractivity (Wildman–Crippen MR) is 67.6 cm³/mol. The molecule has 3 heteroatoms. The Labute approximate surface area is 102 Å². The molecule has 2 aromatic rings. The highest BCUT2D eigenvalue weighted by atomic mass is 16.5. The molecule has 1 heterocycles. The second-order valence-corrected chi connectivity index (χ2v) is 4.53. The third-order valence-corrected chi connectivity index (χ3v) is 2.81. The average Bonchev–Trinajstić information content (AvgIpc) is 2.67. The molecule has 0 saturated heterocycles. The van der Waals surface area contributed by atoms with Crippen molar-refractivity contribution >= 4 is 0 Å². The van der Waals surface area contributed by atoms with E-state index in [1.54, 1.807) is 0 Å². The molecule has 3 nitrogen and oxygen atoms in total. The van der Waals surface area contributed by atoms with Crippen LogP contribution in [0.4, 0.5) is 0 Å². The fourth-order valence-corrected chi connectivity index (χ4v) is 1.90. The van der Waals surface area contributed by atoms with Crippen LogP contribution >= 0.6 is 0 Å². The molecule has 1 aromatic heterocycles. The summed E-state index contributed by atoms with van der Waals surface area (Å²) >= 11 is 0. The van der Waals surface area contributed by atoms with Gasteiger partial charge in [-0.1, -0.05) is 29.4 Å². The van der Waals surface area contributed by atoms with Crippen molar-refractivity contribution in [3.63, 3.8) is 0 Å². The molecule has 17 heavy (non-hydrogen) atoms. The van der Waals surface area contributed by atoms with E-state index in [2.05, 4.69) is 48.3 Å². The smallest absolute Gasteiger partial charge is 0.133 e. The van der Waals surface area contributed by atoms with Crippen LogP contribution in [0.15, 0.2) is 34.9 Å². The fourth-order valence-electron chi connectivity index (χ4n) is 1.90. The Bertz CT molecular complexity index is 490. The van der Waals surface area contributed by atoms with Crippen molar-refractivity contribution in [1.82, 2.24) is 10.1 Å². The van der Waals surface area contributed by atoms with Crippen molar-refractivity contribution in [2.24, 2.45) is 0 Å². The van der Waals surface area contributed by atoms with Crippen LogP contribution in [0, 0.1) is 13.8 Å². The number of aromatic nitrogens is 1. The van der Waals surface area contributed by atoms with Crippen LogP contribution < -0.4 is 0 Å². The summed E-state index contributed by atoms with van der Waals surface area (Å²) in [5.74, 6) is 0.865. The first-order chi connectivity index (χ1) is 8.15. The maximum atomic E-state index is 5.06. The molecule has 90 valence electrons. The minimum absolute atomic E-state index is 0.811. The number of aryl methyl sites for hydroxylation is 2. The largest absolute Gasteiger partial charge is 0.361 e. The van der Waals surface area contributed by atoms with Crippen molar-refractivity contribution in [2.45, 2.75) is 26.9 Å². The molecule has 0 amide bonds. The van der Waals surface area contributed by atoms with Crippen LogP contribution in [0.2, 0.25) is 0 Å². The van der Waals surface area contributed by atoms with Gasteiger partial charge in [-0.2, -0.15) is 0 Å². The van der Waals surface area contributed by atoms with E-state index in [1.165, 1.54) is 11.1 Å². The number of nitrogens with zero attached hydrogens (tertiary/aromatic N) is 2. The molecule has 0 fully saturated rings. The van der Waals surface area contributed by atoms with Crippen molar-refractivity contribution in [1.29, 1.82) is 0 Å². The number of hydrogen-bond acceptors (Lipinski definition) is 3. The van der Waals surface area contributed by atoms with E-state index in [9.17, 15) is 0 Å². The lowest BCUT2D eigenvalue weighted by atomic mass is 10.1. The molecule has 0 atom stereocenters. The Morgan fingerprint density at radius 3 is 2.59 bits per heavy atom. The summed E-state index contributed by atoms with van der Waals surface area (Å²) in [5.41, 5.74) is 3.67. The number of hydrogen-bond donors (Lipinski definition) is 0. The summed E-state index contributed by atoms with van der Waals surface area (Å²) < 4.78 is 5.06. The lowest BCUT2D eigenvalue weighted by Crippen LogP contribution is -2.17. The highest BCUT2D eigenvalue weighted by molar-refractivity contribution is 5.25. The van der Waals surface area contributed by atoms with Gasteiger partial charge in [-0.15, -0.1) is 0 Å². The number of benzene rings is 1. The monoisotopic (exact) mass is 230 g/mol. The predicted octanol–water partition coefficient (Wildman–Crippen LogP) is 2.92. The first-order valence-corrected chi connectivity index (χ1v) is 5.80. The van der Waals surface area contributed by atoms with Gasteiger partial charge in [0, 0.05) is 19.2 Å². The average molecular weight is 230 g/mol. The highest BCUT2D eigenvalue weighted by Gasteiger charge is 2.06. The van der Waals surface area contributed by atoms with Gasteiger partial charge in [-0.3, -0.25) is 4.90 Å². The molecule has 0 aliphatic rings. The van der Waals surface area contributed by atoms with Crippen molar-refractivity contribution < 1.29 is 4.52 Å². The summed E-state index contributed by atoms with van der Waals surface area (Å²) in [5, 5.41) is 4.00. The van der Waals surface area contributed by atoms with Gasteiger partial charge in [-0.25, -0.2) is 0 Å². The van der Waals surface area contributed by atoms with Crippen LogP contribution in [0.1, 0.15) is 22.6 Å². The van der Waals surface area contributed by atoms with E-state index in [0.717, 1.165) is 24.5 Å². The van der Waals surface area contributed by atoms with Gasteiger partial charge in [0.15, 0.2) is 0 Å². The molecule has 0 spiro atoms. The third kappa shape index (κ3) is 3.17. The molecule has 0 aliphatic heterocycles. The maximum absolute atomic E-state index is 5.06. The summed E-state index contributed by atoms with van der Waals surface area (Å²) in [6.07, 6.45) is 0. The van der Waals surface area contributed by atoms with Crippen LogP contribution in [-0.2, 0) is 13.1 Å². The molecular weight excluding hydrogens is 212 g/mol. The van der Waals surface area contributed by atoms with E-state index in [4.69, 9.17) is 4.52 Å². The number of rotatable bonds is 4. The van der Waals surface area contributed by atoms with E-state index in [-0.39, 0.29) is 0 Å². The Kier molecular flexibility index (Phi) is 3.59. The first kappa shape index (κ1) is 11.9. The van der Waals surface area contributed by atoms with Gasteiger partial charge < -0.3 is 4.52 Å². The summed E-state index contributed by atoms with van der Waals surface area (Å²) in [7, 11) is 2.09. The van der Waals surface area contributed by atoms with Gasteiger partial charge in [0.25, 0.3) is 0 Å². The van der Waals surface area contributed by atoms with Crippen molar-refractivity contribution in [3.8, 4) is 0 Å². The summed E-state index contributed by atoms with van der Waals surface area (Å²) in [6, 6.07) is 10.4. The topological polar surface area (TPSA) is 29.3 Å². The molecule has 2 rings (SSSR count). The zero-order valence-electron chi connectivity index (χ0n) is 10.6. The molecule has 0 N–H and O–H groups in total.